The lowest BCUT2D eigenvalue weighted by Gasteiger charge is -2.04. The molecular weight excluding hydrogens is 248 g/mol. The normalized spacial score (nSPS) is 10.4. The first-order valence-electron chi connectivity index (χ1n) is 5.50. The number of benzene rings is 1. The quantitative estimate of drug-likeness (QED) is 0.614. The Hall–Kier alpha value is -2.61. The van der Waals surface area contributed by atoms with Crippen LogP contribution in [0.4, 0.5) is 11.6 Å². The van der Waals surface area contributed by atoms with E-state index in [-0.39, 0.29) is 11.6 Å². The van der Waals surface area contributed by atoms with Gasteiger partial charge in [-0.3, -0.25) is 10.1 Å². The second-order valence-corrected chi connectivity index (χ2v) is 3.77. The minimum Gasteiger partial charge on any atom is -0.368 e. The summed E-state index contributed by atoms with van der Waals surface area (Å²) in [7, 11) is 1.77. The number of nitrogens with zero attached hydrogens (tertiary/aromatic N) is 4. The van der Waals surface area contributed by atoms with Gasteiger partial charge in [0.2, 0.25) is 5.95 Å². The van der Waals surface area contributed by atoms with Crippen molar-refractivity contribution in [3.05, 3.63) is 40.2 Å². The van der Waals surface area contributed by atoms with E-state index in [0.717, 1.165) is 0 Å². The van der Waals surface area contributed by atoms with Crippen molar-refractivity contribution in [1.29, 1.82) is 0 Å². The molecule has 3 N–H and O–H groups in total. The van der Waals surface area contributed by atoms with E-state index in [4.69, 9.17) is 5.73 Å². The third-order valence-corrected chi connectivity index (χ3v) is 2.37. The Labute approximate surface area is 108 Å². The SMILES string of the molecule is CNCc1nc(N)nc(-c2ccc([N+](=O)[O-])cc2)n1. The van der Waals surface area contributed by atoms with Crippen molar-refractivity contribution < 1.29 is 4.92 Å². The Kier molecular flexibility index (Phi) is 3.62. The summed E-state index contributed by atoms with van der Waals surface area (Å²) in [5, 5.41) is 13.5. The molecule has 0 radical (unpaired) electrons. The number of nitrogens with one attached hydrogen (secondary N) is 1. The van der Waals surface area contributed by atoms with Gasteiger partial charge in [-0.2, -0.15) is 9.97 Å². The lowest BCUT2D eigenvalue weighted by atomic mass is 10.2. The van der Waals surface area contributed by atoms with Gasteiger partial charge >= 0.3 is 0 Å². The smallest absolute Gasteiger partial charge is 0.269 e. The monoisotopic (exact) mass is 260 g/mol. The molecule has 0 amide bonds. The molecule has 8 heteroatoms. The molecule has 0 aliphatic rings. The summed E-state index contributed by atoms with van der Waals surface area (Å²) >= 11 is 0. The Morgan fingerprint density at radius 3 is 2.53 bits per heavy atom. The summed E-state index contributed by atoms with van der Waals surface area (Å²) in [6, 6.07) is 5.95. The highest BCUT2D eigenvalue weighted by atomic mass is 16.6. The van der Waals surface area contributed by atoms with Crippen LogP contribution < -0.4 is 11.1 Å². The van der Waals surface area contributed by atoms with Gasteiger partial charge in [0, 0.05) is 17.7 Å². The topological polar surface area (TPSA) is 120 Å². The second kappa shape index (κ2) is 5.36. The zero-order valence-electron chi connectivity index (χ0n) is 10.2. The van der Waals surface area contributed by atoms with E-state index in [2.05, 4.69) is 20.3 Å². The van der Waals surface area contributed by atoms with Crippen LogP contribution in [0.15, 0.2) is 24.3 Å². The average molecular weight is 260 g/mol. The van der Waals surface area contributed by atoms with Crippen molar-refractivity contribution >= 4 is 11.6 Å². The van der Waals surface area contributed by atoms with E-state index in [9.17, 15) is 10.1 Å². The molecule has 0 aliphatic heterocycles. The Morgan fingerprint density at radius 1 is 1.26 bits per heavy atom. The van der Waals surface area contributed by atoms with E-state index < -0.39 is 4.92 Å². The first kappa shape index (κ1) is 12.8. The van der Waals surface area contributed by atoms with Crippen LogP contribution in [0.1, 0.15) is 5.82 Å². The van der Waals surface area contributed by atoms with Gasteiger partial charge in [-0.05, 0) is 19.2 Å². The highest BCUT2D eigenvalue weighted by Gasteiger charge is 2.09. The van der Waals surface area contributed by atoms with Crippen molar-refractivity contribution in [3.63, 3.8) is 0 Å². The average Bonchev–Trinajstić information content (AvgIpc) is 2.38. The minimum absolute atomic E-state index is 0.0150. The molecule has 1 aromatic carbocycles. The van der Waals surface area contributed by atoms with E-state index in [1.807, 2.05) is 0 Å². The van der Waals surface area contributed by atoms with E-state index in [1.165, 1.54) is 12.1 Å². The number of anilines is 1. The van der Waals surface area contributed by atoms with Gasteiger partial charge in [-0.15, -0.1) is 0 Å². The van der Waals surface area contributed by atoms with Gasteiger partial charge < -0.3 is 11.1 Å². The largest absolute Gasteiger partial charge is 0.368 e. The standard InChI is InChI=1S/C11H12N6O2/c1-13-6-9-14-10(16-11(12)15-9)7-2-4-8(5-3-7)17(18)19/h2-5,13H,6H2,1H3,(H2,12,14,15,16). The predicted octanol–water partition coefficient (Wildman–Crippen LogP) is 0.748. The van der Waals surface area contributed by atoms with Crippen LogP contribution in [0.3, 0.4) is 0 Å². The third kappa shape index (κ3) is 2.99. The van der Waals surface area contributed by atoms with Gasteiger partial charge in [0.25, 0.3) is 5.69 Å². The van der Waals surface area contributed by atoms with Crippen LogP contribution in [0.25, 0.3) is 11.4 Å². The van der Waals surface area contributed by atoms with Crippen LogP contribution in [-0.4, -0.2) is 26.9 Å². The number of rotatable bonds is 4. The molecule has 0 fully saturated rings. The number of nitro benzene ring substituents is 1. The molecule has 0 aliphatic carbocycles. The van der Waals surface area contributed by atoms with Crippen molar-refractivity contribution in [2.45, 2.75) is 6.54 Å². The van der Waals surface area contributed by atoms with Crippen molar-refractivity contribution in [2.75, 3.05) is 12.8 Å². The molecule has 0 bridgehead atoms. The lowest BCUT2D eigenvalue weighted by molar-refractivity contribution is -0.384. The van der Waals surface area contributed by atoms with E-state index >= 15 is 0 Å². The Balaban J connectivity index is 2.37. The maximum Gasteiger partial charge on any atom is 0.269 e. The highest BCUT2D eigenvalue weighted by Crippen LogP contribution is 2.19. The fourth-order valence-corrected chi connectivity index (χ4v) is 1.54. The fourth-order valence-electron chi connectivity index (χ4n) is 1.54. The number of nitro groups is 1. The predicted molar refractivity (Wildman–Crippen MR) is 69.1 cm³/mol. The summed E-state index contributed by atoms with van der Waals surface area (Å²) in [5.74, 6) is 1.03. The molecule has 2 aromatic rings. The number of nitrogen functional groups attached to an aromatic ring is 1. The van der Waals surface area contributed by atoms with Crippen molar-refractivity contribution in [2.24, 2.45) is 0 Å². The third-order valence-electron chi connectivity index (χ3n) is 2.37. The fraction of sp³-hybridized carbons (Fsp3) is 0.182. The van der Waals surface area contributed by atoms with Gasteiger partial charge in [0.15, 0.2) is 5.82 Å². The number of aromatic nitrogens is 3. The molecular formula is C11H12N6O2. The second-order valence-electron chi connectivity index (χ2n) is 3.77. The zero-order chi connectivity index (χ0) is 13.8. The first-order chi connectivity index (χ1) is 9.10. The summed E-state index contributed by atoms with van der Waals surface area (Å²) in [4.78, 5) is 22.3. The molecule has 0 saturated heterocycles. The molecule has 8 nitrogen and oxygen atoms in total. The van der Waals surface area contributed by atoms with E-state index in [0.29, 0.717) is 23.8 Å². The van der Waals surface area contributed by atoms with Crippen LogP contribution in [0.5, 0.6) is 0 Å². The van der Waals surface area contributed by atoms with Crippen LogP contribution in [0.2, 0.25) is 0 Å². The molecule has 19 heavy (non-hydrogen) atoms. The number of nitrogens with two attached hydrogens (primary N) is 1. The van der Waals surface area contributed by atoms with Gasteiger partial charge in [0.1, 0.15) is 5.82 Å². The zero-order valence-corrected chi connectivity index (χ0v) is 10.2. The summed E-state index contributed by atoms with van der Waals surface area (Å²) in [6.07, 6.45) is 0. The van der Waals surface area contributed by atoms with Gasteiger partial charge in [-0.1, -0.05) is 0 Å². The first-order valence-corrected chi connectivity index (χ1v) is 5.50. The molecule has 0 atom stereocenters. The van der Waals surface area contributed by atoms with Gasteiger partial charge in [-0.25, -0.2) is 4.98 Å². The minimum atomic E-state index is -0.460. The van der Waals surface area contributed by atoms with Gasteiger partial charge in [0.05, 0.1) is 11.5 Å². The molecule has 1 aromatic heterocycles. The number of non-ortho nitro benzene ring substituents is 1. The lowest BCUT2D eigenvalue weighted by Crippen LogP contribution is -2.12. The van der Waals surface area contributed by atoms with Crippen molar-refractivity contribution in [1.82, 2.24) is 20.3 Å². The number of hydrogen-bond donors (Lipinski definition) is 2. The summed E-state index contributed by atoms with van der Waals surface area (Å²) in [6.45, 7) is 0.465. The Morgan fingerprint density at radius 2 is 1.95 bits per heavy atom. The summed E-state index contributed by atoms with van der Waals surface area (Å²) < 4.78 is 0. The molecule has 1 heterocycles. The van der Waals surface area contributed by atoms with Crippen LogP contribution in [-0.2, 0) is 6.54 Å². The maximum absolute atomic E-state index is 10.6. The maximum atomic E-state index is 10.6. The molecule has 98 valence electrons. The Bertz CT molecular complexity index is 599. The van der Waals surface area contributed by atoms with Crippen LogP contribution >= 0.6 is 0 Å². The highest BCUT2D eigenvalue weighted by molar-refractivity contribution is 5.58. The molecule has 2 rings (SSSR count). The molecule has 0 spiro atoms. The number of hydrogen-bond acceptors (Lipinski definition) is 7. The van der Waals surface area contributed by atoms with Crippen molar-refractivity contribution in [3.8, 4) is 11.4 Å². The summed E-state index contributed by atoms with van der Waals surface area (Å²) in [5.41, 5.74) is 6.27. The van der Waals surface area contributed by atoms with E-state index in [1.54, 1.807) is 19.2 Å². The molecule has 0 unspecified atom stereocenters. The van der Waals surface area contributed by atoms with Crippen LogP contribution in [0, 0.1) is 10.1 Å². The molecule has 0 saturated carbocycles.